The maximum atomic E-state index is 11.8. The third-order valence-electron chi connectivity index (χ3n) is 2.37. The number of terminal acetylenes is 1. The Hall–Kier alpha value is -1.44. The summed E-state index contributed by atoms with van der Waals surface area (Å²) in [4.78, 5) is 11.8. The zero-order chi connectivity index (χ0) is 13.2. The van der Waals surface area contributed by atoms with Gasteiger partial charge < -0.3 is 11.1 Å². The molecule has 1 rings (SSSR count). The van der Waals surface area contributed by atoms with Gasteiger partial charge in [-0.3, -0.25) is 4.79 Å². The molecule has 0 saturated carbocycles. The molecule has 0 heterocycles. The molecule has 0 bridgehead atoms. The number of nitrogens with two attached hydrogens (primary N) is 1. The molecule has 0 unspecified atom stereocenters. The molecule has 0 aliphatic rings. The number of hydrogen-bond donors (Lipinski definition) is 2. The number of benzene rings is 1. The van der Waals surface area contributed by atoms with E-state index in [9.17, 15) is 4.79 Å². The van der Waals surface area contributed by atoms with Crippen LogP contribution in [0, 0.1) is 12.3 Å². The lowest BCUT2D eigenvalue weighted by molar-refractivity contribution is 0.0956. The van der Waals surface area contributed by atoms with Crippen LogP contribution in [0.3, 0.4) is 0 Å². The van der Waals surface area contributed by atoms with Crippen LogP contribution in [0.2, 0.25) is 0 Å². The van der Waals surface area contributed by atoms with Gasteiger partial charge in [0.1, 0.15) is 0 Å². The van der Waals surface area contributed by atoms with E-state index in [0.717, 1.165) is 17.7 Å². The van der Waals surface area contributed by atoms with Crippen molar-refractivity contribution in [3.8, 4) is 12.3 Å². The van der Waals surface area contributed by atoms with Gasteiger partial charge in [0.05, 0.1) is 5.75 Å². The van der Waals surface area contributed by atoms with Crippen molar-refractivity contribution in [2.45, 2.75) is 6.42 Å². The summed E-state index contributed by atoms with van der Waals surface area (Å²) < 4.78 is 0. The van der Waals surface area contributed by atoms with Crippen molar-refractivity contribution in [2.75, 3.05) is 24.6 Å². The molecule has 0 aliphatic heterocycles. The molecular weight excluding hydrogens is 244 g/mol. The first-order chi connectivity index (χ1) is 8.77. The van der Waals surface area contributed by atoms with Crippen molar-refractivity contribution in [2.24, 2.45) is 5.73 Å². The lowest BCUT2D eigenvalue weighted by Crippen LogP contribution is -2.25. The highest BCUT2D eigenvalue weighted by Crippen LogP contribution is 2.05. The molecule has 18 heavy (non-hydrogen) atoms. The summed E-state index contributed by atoms with van der Waals surface area (Å²) in [6, 6.07) is 7.54. The Kier molecular flexibility index (Phi) is 7.00. The van der Waals surface area contributed by atoms with Crippen LogP contribution in [0.25, 0.3) is 0 Å². The average Bonchev–Trinajstić information content (AvgIpc) is 2.39. The van der Waals surface area contributed by atoms with E-state index in [0.29, 0.717) is 24.4 Å². The third kappa shape index (κ3) is 5.26. The summed E-state index contributed by atoms with van der Waals surface area (Å²) in [6.07, 6.45) is 5.97. The van der Waals surface area contributed by atoms with E-state index in [2.05, 4.69) is 11.2 Å². The lowest BCUT2D eigenvalue weighted by Gasteiger charge is -2.05. The molecule has 1 aromatic rings. The maximum Gasteiger partial charge on any atom is 0.251 e. The predicted molar refractivity (Wildman–Crippen MR) is 77.7 cm³/mol. The minimum absolute atomic E-state index is 0.0457. The van der Waals surface area contributed by atoms with Gasteiger partial charge in [0, 0.05) is 17.9 Å². The molecule has 3 nitrogen and oxygen atoms in total. The zero-order valence-electron chi connectivity index (χ0n) is 10.3. The second-order valence-electron chi connectivity index (χ2n) is 3.75. The van der Waals surface area contributed by atoms with E-state index in [1.54, 1.807) is 11.8 Å². The van der Waals surface area contributed by atoms with Gasteiger partial charge in [-0.05, 0) is 30.7 Å². The smallest absolute Gasteiger partial charge is 0.251 e. The summed E-state index contributed by atoms with van der Waals surface area (Å²) in [5.74, 6) is 4.02. The number of nitrogens with one attached hydrogen (secondary N) is 1. The Morgan fingerprint density at radius 2 is 2.11 bits per heavy atom. The Morgan fingerprint density at radius 1 is 1.39 bits per heavy atom. The van der Waals surface area contributed by atoms with E-state index < -0.39 is 0 Å². The molecule has 0 aliphatic carbocycles. The topological polar surface area (TPSA) is 55.1 Å². The molecule has 96 valence electrons. The van der Waals surface area contributed by atoms with Gasteiger partial charge in [-0.2, -0.15) is 0 Å². The minimum Gasteiger partial charge on any atom is -0.351 e. The van der Waals surface area contributed by atoms with E-state index in [-0.39, 0.29) is 5.91 Å². The number of carbonyl (C=O) groups excluding carboxylic acids is 1. The van der Waals surface area contributed by atoms with Gasteiger partial charge in [0.2, 0.25) is 0 Å². The minimum atomic E-state index is -0.0457. The van der Waals surface area contributed by atoms with Crippen LogP contribution in [0.1, 0.15) is 15.9 Å². The van der Waals surface area contributed by atoms with Crippen molar-refractivity contribution < 1.29 is 4.79 Å². The Morgan fingerprint density at radius 3 is 2.72 bits per heavy atom. The third-order valence-corrected chi connectivity index (χ3v) is 3.23. The summed E-state index contributed by atoms with van der Waals surface area (Å²) in [6.45, 7) is 1.26. The first-order valence-corrected chi connectivity index (χ1v) is 7.02. The highest BCUT2D eigenvalue weighted by molar-refractivity contribution is 7.99. The first kappa shape index (κ1) is 14.6. The lowest BCUT2D eigenvalue weighted by atomic mass is 10.1. The van der Waals surface area contributed by atoms with E-state index >= 15 is 0 Å². The molecular formula is C14H18N2OS. The van der Waals surface area contributed by atoms with Crippen LogP contribution in [0.15, 0.2) is 24.3 Å². The van der Waals surface area contributed by atoms with Crippen LogP contribution in [0.5, 0.6) is 0 Å². The molecule has 4 heteroatoms. The van der Waals surface area contributed by atoms with Crippen LogP contribution in [0.4, 0.5) is 0 Å². The second-order valence-corrected chi connectivity index (χ2v) is 4.85. The van der Waals surface area contributed by atoms with Gasteiger partial charge in [-0.15, -0.1) is 18.2 Å². The Labute approximate surface area is 113 Å². The molecule has 0 aromatic heterocycles. The highest BCUT2D eigenvalue weighted by Gasteiger charge is 2.04. The molecule has 3 N–H and O–H groups in total. The van der Waals surface area contributed by atoms with Gasteiger partial charge in [-0.25, -0.2) is 0 Å². The number of hydrogen-bond acceptors (Lipinski definition) is 3. The van der Waals surface area contributed by atoms with Gasteiger partial charge in [0.15, 0.2) is 0 Å². The number of carbonyl (C=O) groups is 1. The van der Waals surface area contributed by atoms with Crippen LogP contribution < -0.4 is 11.1 Å². The zero-order valence-corrected chi connectivity index (χ0v) is 11.1. The van der Waals surface area contributed by atoms with Gasteiger partial charge in [0.25, 0.3) is 5.91 Å². The van der Waals surface area contributed by atoms with Crippen molar-refractivity contribution in [3.63, 3.8) is 0 Å². The van der Waals surface area contributed by atoms with Crippen molar-refractivity contribution in [1.29, 1.82) is 0 Å². The quantitative estimate of drug-likeness (QED) is 0.575. The Bertz CT molecular complexity index is 409. The van der Waals surface area contributed by atoms with E-state index in [1.807, 2.05) is 24.3 Å². The molecule has 0 atom stereocenters. The van der Waals surface area contributed by atoms with Gasteiger partial charge in [-0.1, -0.05) is 18.1 Å². The van der Waals surface area contributed by atoms with Gasteiger partial charge >= 0.3 is 0 Å². The summed E-state index contributed by atoms with van der Waals surface area (Å²) in [5.41, 5.74) is 7.30. The normalized spacial score (nSPS) is 9.78. The fraction of sp³-hybridized carbons (Fsp3) is 0.357. The monoisotopic (exact) mass is 262 g/mol. The SMILES string of the molecule is C#CCSCCNC(=O)c1ccc(CCN)cc1. The predicted octanol–water partition coefficient (Wildman–Crippen LogP) is 1.28. The second kappa shape index (κ2) is 8.62. The molecule has 0 spiro atoms. The van der Waals surface area contributed by atoms with Crippen LogP contribution in [-0.4, -0.2) is 30.5 Å². The molecule has 0 saturated heterocycles. The number of rotatable bonds is 7. The first-order valence-electron chi connectivity index (χ1n) is 5.86. The Balaban J connectivity index is 2.35. The molecule has 1 aromatic carbocycles. The summed E-state index contributed by atoms with van der Waals surface area (Å²) >= 11 is 1.63. The maximum absolute atomic E-state index is 11.8. The largest absolute Gasteiger partial charge is 0.351 e. The fourth-order valence-corrected chi connectivity index (χ4v) is 1.97. The summed E-state index contributed by atoms with van der Waals surface area (Å²) in [7, 11) is 0. The number of amides is 1. The number of thioether (sulfide) groups is 1. The van der Waals surface area contributed by atoms with Crippen molar-refractivity contribution in [1.82, 2.24) is 5.32 Å². The standard InChI is InChI=1S/C14H18N2OS/c1-2-10-18-11-9-16-14(17)13-5-3-12(4-6-13)7-8-15/h1,3-6H,7-11,15H2,(H,16,17). The van der Waals surface area contributed by atoms with E-state index in [1.165, 1.54) is 0 Å². The van der Waals surface area contributed by atoms with Crippen LogP contribution in [-0.2, 0) is 6.42 Å². The summed E-state index contributed by atoms with van der Waals surface area (Å²) in [5, 5.41) is 2.86. The molecule has 1 amide bonds. The molecule has 0 radical (unpaired) electrons. The van der Waals surface area contributed by atoms with Crippen molar-refractivity contribution in [3.05, 3.63) is 35.4 Å². The fourth-order valence-electron chi connectivity index (χ4n) is 1.46. The molecule has 0 fully saturated rings. The average molecular weight is 262 g/mol. The van der Waals surface area contributed by atoms with Crippen molar-refractivity contribution >= 4 is 17.7 Å². The highest BCUT2D eigenvalue weighted by atomic mass is 32.2. The van der Waals surface area contributed by atoms with E-state index in [4.69, 9.17) is 12.2 Å². The van der Waals surface area contributed by atoms with Crippen LogP contribution >= 0.6 is 11.8 Å².